The molecule has 2 aromatic heterocycles. The predicted molar refractivity (Wildman–Crippen MR) is 88.5 cm³/mol. The van der Waals surface area contributed by atoms with E-state index >= 15 is 0 Å². The van der Waals surface area contributed by atoms with Crippen LogP contribution < -0.4 is 5.32 Å². The molecule has 0 bridgehead atoms. The molecule has 1 aromatic carbocycles. The van der Waals surface area contributed by atoms with Gasteiger partial charge in [0.1, 0.15) is 5.65 Å². The maximum absolute atomic E-state index is 12.0. The van der Waals surface area contributed by atoms with Crippen LogP contribution in [0, 0.1) is 0 Å². The van der Waals surface area contributed by atoms with Gasteiger partial charge in [-0.3, -0.25) is 4.79 Å². The smallest absolute Gasteiger partial charge is 0.359 e. The van der Waals surface area contributed by atoms with Crippen LogP contribution in [0.1, 0.15) is 29.0 Å². The molecule has 0 spiro atoms. The molecule has 0 radical (unpaired) electrons. The van der Waals surface area contributed by atoms with Crippen LogP contribution in [0.4, 0.5) is 0 Å². The molecule has 0 unspecified atom stereocenters. The van der Waals surface area contributed by atoms with E-state index in [2.05, 4.69) is 10.3 Å². The van der Waals surface area contributed by atoms with Gasteiger partial charge >= 0.3 is 5.97 Å². The molecule has 6 nitrogen and oxygen atoms in total. The highest BCUT2D eigenvalue weighted by Gasteiger charge is 2.15. The average Bonchev–Trinajstić information content (AvgIpc) is 3.04. The predicted octanol–water partition coefficient (Wildman–Crippen LogP) is 2.37. The van der Waals surface area contributed by atoms with Crippen LogP contribution in [0.25, 0.3) is 5.65 Å². The number of rotatable bonds is 5. The first-order valence-electron chi connectivity index (χ1n) is 7.58. The van der Waals surface area contributed by atoms with E-state index in [-0.39, 0.29) is 24.2 Å². The Morgan fingerprint density at radius 3 is 2.67 bits per heavy atom. The summed E-state index contributed by atoms with van der Waals surface area (Å²) < 4.78 is 6.75. The van der Waals surface area contributed by atoms with E-state index in [0.717, 1.165) is 5.56 Å². The summed E-state index contributed by atoms with van der Waals surface area (Å²) >= 11 is 0. The minimum Gasteiger partial charge on any atom is -0.451 e. The van der Waals surface area contributed by atoms with Gasteiger partial charge in [-0.15, -0.1) is 0 Å². The lowest BCUT2D eigenvalue weighted by Crippen LogP contribution is -2.31. The van der Waals surface area contributed by atoms with E-state index < -0.39 is 5.97 Å². The van der Waals surface area contributed by atoms with Gasteiger partial charge in [0.2, 0.25) is 0 Å². The molecule has 3 rings (SSSR count). The van der Waals surface area contributed by atoms with Crippen LogP contribution in [0.5, 0.6) is 0 Å². The molecule has 1 atom stereocenters. The fourth-order valence-electron chi connectivity index (χ4n) is 2.35. The number of benzene rings is 1. The van der Waals surface area contributed by atoms with E-state index in [1.165, 1.54) is 0 Å². The number of carbonyl (C=O) groups excluding carboxylic acids is 2. The molecule has 6 heteroatoms. The van der Waals surface area contributed by atoms with Crippen LogP contribution >= 0.6 is 0 Å². The van der Waals surface area contributed by atoms with Crippen molar-refractivity contribution in [2.75, 3.05) is 6.61 Å². The molecule has 3 aromatic rings. The monoisotopic (exact) mass is 323 g/mol. The summed E-state index contributed by atoms with van der Waals surface area (Å²) in [5.41, 5.74) is 1.80. The molecule has 0 aliphatic carbocycles. The van der Waals surface area contributed by atoms with Gasteiger partial charge in [-0.2, -0.15) is 0 Å². The SMILES string of the molecule is C[C@@H](NC(=O)COC(=O)c1cn2ccccc2n1)c1ccccc1. The minimum absolute atomic E-state index is 0.160. The molecule has 24 heavy (non-hydrogen) atoms. The Labute approximate surface area is 139 Å². The van der Waals surface area contributed by atoms with Crippen molar-refractivity contribution in [2.24, 2.45) is 0 Å². The first-order chi connectivity index (χ1) is 11.6. The average molecular weight is 323 g/mol. The summed E-state index contributed by atoms with van der Waals surface area (Å²) in [6.45, 7) is 1.53. The zero-order valence-electron chi connectivity index (χ0n) is 13.2. The summed E-state index contributed by atoms with van der Waals surface area (Å²) in [4.78, 5) is 28.1. The number of ether oxygens (including phenoxy) is 1. The van der Waals surface area contributed by atoms with E-state index in [4.69, 9.17) is 4.74 Å². The molecule has 122 valence electrons. The number of imidazole rings is 1. The summed E-state index contributed by atoms with van der Waals surface area (Å²) in [5, 5.41) is 2.79. The number of aromatic nitrogens is 2. The molecule has 2 heterocycles. The summed E-state index contributed by atoms with van der Waals surface area (Å²) in [5.74, 6) is -0.982. The van der Waals surface area contributed by atoms with E-state index in [1.54, 1.807) is 22.9 Å². The number of nitrogens with zero attached hydrogens (tertiary/aromatic N) is 2. The third kappa shape index (κ3) is 3.60. The number of fused-ring (bicyclic) bond motifs is 1. The normalized spacial score (nSPS) is 11.9. The van der Waals surface area contributed by atoms with Crippen LogP contribution in [-0.4, -0.2) is 27.9 Å². The Hall–Kier alpha value is -3.15. The molecule has 0 saturated heterocycles. The standard InChI is InChI=1S/C18H17N3O3/c1-13(14-7-3-2-4-8-14)19-17(22)12-24-18(23)15-11-21-10-6-5-9-16(21)20-15/h2-11,13H,12H2,1H3,(H,19,22)/t13-/m1/s1. The lowest BCUT2D eigenvalue weighted by atomic mass is 10.1. The van der Waals surface area contributed by atoms with Gasteiger partial charge in [0.25, 0.3) is 5.91 Å². The quantitative estimate of drug-likeness (QED) is 0.732. The van der Waals surface area contributed by atoms with Crippen LogP contribution in [-0.2, 0) is 9.53 Å². The maximum Gasteiger partial charge on any atom is 0.359 e. The van der Waals surface area contributed by atoms with Crippen LogP contribution in [0.2, 0.25) is 0 Å². The first-order valence-corrected chi connectivity index (χ1v) is 7.58. The summed E-state index contributed by atoms with van der Waals surface area (Å²) in [7, 11) is 0. The van der Waals surface area contributed by atoms with Crippen molar-refractivity contribution in [3.63, 3.8) is 0 Å². The maximum atomic E-state index is 12.0. The minimum atomic E-state index is -0.624. The third-order valence-corrected chi connectivity index (χ3v) is 3.58. The number of amides is 1. The van der Waals surface area contributed by atoms with Crippen molar-refractivity contribution in [3.05, 3.63) is 72.2 Å². The highest BCUT2D eigenvalue weighted by Crippen LogP contribution is 2.11. The van der Waals surface area contributed by atoms with Crippen molar-refractivity contribution < 1.29 is 14.3 Å². The molecule has 0 saturated carbocycles. The molecule has 0 aliphatic rings. The number of pyridine rings is 1. The highest BCUT2D eigenvalue weighted by atomic mass is 16.5. The number of nitrogens with one attached hydrogen (secondary N) is 1. The lowest BCUT2D eigenvalue weighted by Gasteiger charge is -2.14. The number of esters is 1. The second kappa shape index (κ2) is 6.95. The number of hydrogen-bond donors (Lipinski definition) is 1. The second-order valence-corrected chi connectivity index (χ2v) is 5.37. The first kappa shape index (κ1) is 15.7. The van der Waals surface area contributed by atoms with Crippen molar-refractivity contribution in [2.45, 2.75) is 13.0 Å². The Bertz CT molecular complexity index is 825. The molecule has 1 amide bonds. The van der Waals surface area contributed by atoms with Crippen molar-refractivity contribution in [1.29, 1.82) is 0 Å². The Balaban J connectivity index is 1.55. The van der Waals surface area contributed by atoms with Gasteiger partial charge in [-0.1, -0.05) is 36.4 Å². The van der Waals surface area contributed by atoms with Crippen molar-refractivity contribution in [3.8, 4) is 0 Å². The zero-order valence-corrected chi connectivity index (χ0v) is 13.2. The summed E-state index contributed by atoms with van der Waals surface area (Å²) in [6.07, 6.45) is 3.36. The van der Waals surface area contributed by atoms with Crippen LogP contribution in [0.3, 0.4) is 0 Å². The molecular weight excluding hydrogens is 306 g/mol. The topological polar surface area (TPSA) is 72.7 Å². The summed E-state index contributed by atoms with van der Waals surface area (Å²) in [6, 6.07) is 14.9. The van der Waals surface area contributed by atoms with E-state index in [1.807, 2.05) is 49.4 Å². The third-order valence-electron chi connectivity index (χ3n) is 3.58. The van der Waals surface area contributed by atoms with Gasteiger partial charge in [0, 0.05) is 12.4 Å². The Kier molecular flexibility index (Phi) is 4.56. The van der Waals surface area contributed by atoms with Gasteiger partial charge < -0.3 is 14.5 Å². The molecular formula is C18H17N3O3. The number of carbonyl (C=O) groups is 2. The largest absolute Gasteiger partial charge is 0.451 e. The van der Waals surface area contributed by atoms with Crippen molar-refractivity contribution >= 4 is 17.5 Å². The van der Waals surface area contributed by atoms with Crippen LogP contribution in [0.15, 0.2) is 60.9 Å². The Morgan fingerprint density at radius 2 is 1.92 bits per heavy atom. The molecule has 0 aliphatic heterocycles. The fourth-order valence-corrected chi connectivity index (χ4v) is 2.35. The van der Waals surface area contributed by atoms with Gasteiger partial charge in [0.05, 0.1) is 6.04 Å². The fraction of sp³-hybridized carbons (Fsp3) is 0.167. The van der Waals surface area contributed by atoms with E-state index in [9.17, 15) is 9.59 Å². The molecule has 0 fully saturated rings. The Morgan fingerprint density at radius 1 is 1.17 bits per heavy atom. The molecule has 1 N–H and O–H groups in total. The van der Waals surface area contributed by atoms with E-state index in [0.29, 0.717) is 5.65 Å². The second-order valence-electron chi connectivity index (χ2n) is 5.37. The lowest BCUT2D eigenvalue weighted by molar-refractivity contribution is -0.124. The zero-order chi connectivity index (χ0) is 16.9. The van der Waals surface area contributed by atoms with Gasteiger partial charge in [-0.05, 0) is 24.6 Å². The van der Waals surface area contributed by atoms with Gasteiger partial charge in [0.15, 0.2) is 12.3 Å². The highest BCUT2D eigenvalue weighted by molar-refractivity contribution is 5.90. The van der Waals surface area contributed by atoms with Crippen molar-refractivity contribution in [1.82, 2.24) is 14.7 Å². The number of hydrogen-bond acceptors (Lipinski definition) is 4. The van der Waals surface area contributed by atoms with Gasteiger partial charge in [-0.25, -0.2) is 9.78 Å².